The van der Waals surface area contributed by atoms with Gasteiger partial charge in [-0.1, -0.05) is 0 Å². The highest BCUT2D eigenvalue weighted by molar-refractivity contribution is 5.78. The van der Waals surface area contributed by atoms with E-state index in [4.69, 9.17) is 10.1 Å². The highest BCUT2D eigenvalue weighted by atomic mass is 16.5. The topological polar surface area (TPSA) is 36.3 Å². The molecule has 3 heteroatoms. The summed E-state index contributed by atoms with van der Waals surface area (Å²) in [6.45, 7) is 0.636. The van der Waals surface area contributed by atoms with E-state index in [1.807, 2.05) is 14.1 Å². The molecule has 0 aliphatic rings. The monoisotopic (exact) mass is 130 g/mol. The molecule has 0 aromatic carbocycles. The molecule has 0 aliphatic carbocycles. The predicted octanol–water partition coefficient (Wildman–Crippen LogP) is 0.562. The van der Waals surface area contributed by atoms with Crippen molar-refractivity contribution in [1.29, 1.82) is 5.41 Å². The Morgan fingerprint density at radius 1 is 1.56 bits per heavy atom. The van der Waals surface area contributed by atoms with Gasteiger partial charge in [0.05, 0.1) is 12.4 Å². The smallest absolute Gasteiger partial charge is 0.0975 e. The van der Waals surface area contributed by atoms with E-state index >= 15 is 0 Å². The van der Waals surface area contributed by atoms with Crippen LogP contribution >= 0.6 is 0 Å². The molecule has 0 rings (SSSR count). The Labute approximate surface area is 56.1 Å². The SMILES string of the molecule is COCCC(=N)N(C)C. The summed E-state index contributed by atoms with van der Waals surface area (Å²) in [5.41, 5.74) is 0. The molecule has 0 spiro atoms. The van der Waals surface area contributed by atoms with Crippen LogP contribution in [0, 0.1) is 5.41 Å². The van der Waals surface area contributed by atoms with Crippen molar-refractivity contribution in [1.82, 2.24) is 4.90 Å². The lowest BCUT2D eigenvalue weighted by molar-refractivity contribution is 0.205. The third-order valence-electron chi connectivity index (χ3n) is 1.08. The summed E-state index contributed by atoms with van der Waals surface area (Å²) in [6, 6.07) is 0. The summed E-state index contributed by atoms with van der Waals surface area (Å²) in [5, 5.41) is 7.29. The lowest BCUT2D eigenvalue weighted by Crippen LogP contribution is -2.21. The second kappa shape index (κ2) is 4.32. The number of hydrogen-bond donors (Lipinski definition) is 1. The van der Waals surface area contributed by atoms with Crippen molar-refractivity contribution in [3.05, 3.63) is 0 Å². The highest BCUT2D eigenvalue weighted by Gasteiger charge is 1.95. The second-order valence-electron chi connectivity index (χ2n) is 2.08. The maximum atomic E-state index is 7.29. The van der Waals surface area contributed by atoms with Crippen LogP contribution in [-0.4, -0.2) is 38.5 Å². The van der Waals surface area contributed by atoms with Crippen LogP contribution in [0.3, 0.4) is 0 Å². The zero-order chi connectivity index (χ0) is 7.28. The van der Waals surface area contributed by atoms with Gasteiger partial charge in [-0.25, -0.2) is 0 Å². The number of rotatable bonds is 3. The van der Waals surface area contributed by atoms with E-state index in [2.05, 4.69) is 0 Å². The average molecular weight is 130 g/mol. The molecule has 0 heterocycles. The van der Waals surface area contributed by atoms with Gasteiger partial charge in [0, 0.05) is 27.6 Å². The van der Waals surface area contributed by atoms with Gasteiger partial charge in [-0.15, -0.1) is 0 Å². The van der Waals surface area contributed by atoms with Gasteiger partial charge >= 0.3 is 0 Å². The van der Waals surface area contributed by atoms with E-state index in [9.17, 15) is 0 Å². The Kier molecular flexibility index (Phi) is 4.05. The molecular weight excluding hydrogens is 116 g/mol. The molecule has 1 N–H and O–H groups in total. The Hall–Kier alpha value is -0.570. The summed E-state index contributed by atoms with van der Waals surface area (Å²) in [5.74, 6) is 0.608. The number of nitrogens with zero attached hydrogens (tertiary/aromatic N) is 1. The van der Waals surface area contributed by atoms with Crippen LogP contribution in [0.5, 0.6) is 0 Å². The standard InChI is InChI=1S/C6H14N2O/c1-8(2)6(7)4-5-9-3/h7H,4-5H2,1-3H3. The summed E-state index contributed by atoms with van der Waals surface area (Å²) in [6.07, 6.45) is 0.698. The maximum Gasteiger partial charge on any atom is 0.0975 e. The van der Waals surface area contributed by atoms with Crippen molar-refractivity contribution in [2.45, 2.75) is 6.42 Å². The normalized spacial score (nSPS) is 9.22. The highest BCUT2D eigenvalue weighted by Crippen LogP contribution is 1.86. The molecule has 3 nitrogen and oxygen atoms in total. The molecule has 0 aliphatic heterocycles. The van der Waals surface area contributed by atoms with Crippen LogP contribution in [0.15, 0.2) is 0 Å². The fourth-order valence-electron chi connectivity index (χ4n) is 0.422. The van der Waals surface area contributed by atoms with Crippen LogP contribution in [0.4, 0.5) is 0 Å². The third kappa shape index (κ3) is 3.97. The zero-order valence-corrected chi connectivity index (χ0v) is 6.27. The first-order chi connectivity index (χ1) is 4.18. The van der Waals surface area contributed by atoms with Gasteiger partial charge in [0.1, 0.15) is 0 Å². The minimum Gasteiger partial charge on any atom is -0.384 e. The van der Waals surface area contributed by atoms with Crippen molar-refractivity contribution in [3.8, 4) is 0 Å². The van der Waals surface area contributed by atoms with Crippen molar-refractivity contribution in [2.24, 2.45) is 0 Å². The second-order valence-corrected chi connectivity index (χ2v) is 2.08. The average Bonchev–Trinajstić information content (AvgIpc) is 1.82. The van der Waals surface area contributed by atoms with E-state index in [1.165, 1.54) is 0 Å². The minimum absolute atomic E-state index is 0.608. The summed E-state index contributed by atoms with van der Waals surface area (Å²) >= 11 is 0. The minimum atomic E-state index is 0.608. The van der Waals surface area contributed by atoms with Gasteiger partial charge in [0.25, 0.3) is 0 Å². The molecule has 9 heavy (non-hydrogen) atoms. The molecule has 0 saturated carbocycles. The van der Waals surface area contributed by atoms with Crippen LogP contribution in [-0.2, 0) is 4.74 Å². The van der Waals surface area contributed by atoms with E-state index in [-0.39, 0.29) is 0 Å². The number of amidine groups is 1. The first kappa shape index (κ1) is 8.43. The predicted molar refractivity (Wildman–Crippen MR) is 37.9 cm³/mol. The molecule has 0 saturated heterocycles. The lowest BCUT2D eigenvalue weighted by Gasteiger charge is -2.12. The molecule has 0 atom stereocenters. The van der Waals surface area contributed by atoms with Crippen molar-refractivity contribution >= 4 is 5.84 Å². The molecule has 0 aromatic heterocycles. The largest absolute Gasteiger partial charge is 0.384 e. The van der Waals surface area contributed by atoms with Crippen LogP contribution < -0.4 is 0 Å². The Morgan fingerprint density at radius 3 is 2.44 bits per heavy atom. The van der Waals surface area contributed by atoms with E-state index < -0.39 is 0 Å². The molecule has 0 amide bonds. The van der Waals surface area contributed by atoms with Crippen LogP contribution in [0.1, 0.15) is 6.42 Å². The summed E-state index contributed by atoms with van der Waals surface area (Å²) in [7, 11) is 5.36. The number of methoxy groups -OCH3 is 1. The van der Waals surface area contributed by atoms with Gasteiger partial charge in [-0.2, -0.15) is 0 Å². The maximum absolute atomic E-state index is 7.29. The molecule has 0 radical (unpaired) electrons. The molecule has 0 fully saturated rings. The van der Waals surface area contributed by atoms with Gasteiger partial charge in [0.15, 0.2) is 0 Å². The van der Waals surface area contributed by atoms with Crippen molar-refractivity contribution in [3.63, 3.8) is 0 Å². The first-order valence-electron chi connectivity index (χ1n) is 2.92. The van der Waals surface area contributed by atoms with Crippen molar-refractivity contribution < 1.29 is 4.74 Å². The quantitative estimate of drug-likeness (QED) is 0.447. The van der Waals surface area contributed by atoms with Gasteiger partial charge in [0.2, 0.25) is 0 Å². The zero-order valence-electron chi connectivity index (χ0n) is 6.27. The Morgan fingerprint density at radius 2 is 2.11 bits per heavy atom. The van der Waals surface area contributed by atoms with E-state index in [0.29, 0.717) is 18.9 Å². The molecule has 54 valence electrons. The first-order valence-corrected chi connectivity index (χ1v) is 2.92. The third-order valence-corrected chi connectivity index (χ3v) is 1.08. The van der Waals surface area contributed by atoms with Gasteiger partial charge in [-0.3, -0.25) is 5.41 Å². The molecular formula is C6H14N2O. The Balaban J connectivity index is 3.28. The fourth-order valence-corrected chi connectivity index (χ4v) is 0.422. The fraction of sp³-hybridized carbons (Fsp3) is 0.833. The van der Waals surface area contributed by atoms with E-state index in [1.54, 1.807) is 12.0 Å². The van der Waals surface area contributed by atoms with Gasteiger partial charge in [-0.05, 0) is 0 Å². The molecule has 0 bridgehead atoms. The lowest BCUT2D eigenvalue weighted by atomic mass is 10.4. The summed E-state index contributed by atoms with van der Waals surface area (Å²) in [4.78, 5) is 1.78. The van der Waals surface area contributed by atoms with Crippen LogP contribution in [0.25, 0.3) is 0 Å². The van der Waals surface area contributed by atoms with Crippen LogP contribution in [0.2, 0.25) is 0 Å². The van der Waals surface area contributed by atoms with E-state index in [0.717, 1.165) is 0 Å². The number of ether oxygens (including phenoxy) is 1. The van der Waals surface area contributed by atoms with Crippen molar-refractivity contribution in [2.75, 3.05) is 27.8 Å². The number of nitrogens with one attached hydrogen (secondary N) is 1. The molecule has 0 aromatic rings. The number of hydrogen-bond acceptors (Lipinski definition) is 2. The Bertz CT molecular complexity index is 91.1. The molecule has 0 unspecified atom stereocenters. The van der Waals surface area contributed by atoms with Gasteiger partial charge < -0.3 is 9.64 Å². The summed E-state index contributed by atoms with van der Waals surface area (Å²) < 4.78 is 4.80.